The number of fused-ring (bicyclic) bond motifs is 3. The monoisotopic (exact) mass is 203 g/mol. The Balaban J connectivity index is 2.52. The van der Waals surface area contributed by atoms with Gasteiger partial charge < -0.3 is 4.98 Å². The van der Waals surface area contributed by atoms with Crippen molar-refractivity contribution >= 4 is 5.78 Å². The second-order valence-corrected chi connectivity index (χ2v) is 4.20. The Morgan fingerprint density at radius 1 is 1.33 bits per heavy atom. The summed E-state index contributed by atoms with van der Waals surface area (Å²) >= 11 is 0. The largest absolute Gasteiger partial charge is 0.329 e. The van der Waals surface area contributed by atoms with Crippen molar-refractivity contribution in [2.45, 2.75) is 33.1 Å². The van der Waals surface area contributed by atoms with E-state index in [9.17, 15) is 4.79 Å². The number of H-pyrrole nitrogens is 1. The number of hydrogen-bond donors (Lipinski definition) is 1. The predicted molar refractivity (Wildman–Crippen MR) is 57.3 cm³/mol. The van der Waals surface area contributed by atoms with Crippen molar-refractivity contribution in [2.24, 2.45) is 0 Å². The van der Waals surface area contributed by atoms with E-state index in [0.29, 0.717) is 5.78 Å². The molecule has 0 fully saturated rings. The topological polar surface area (TPSA) is 50.2 Å². The molecule has 0 amide bonds. The molecule has 0 saturated heterocycles. The summed E-state index contributed by atoms with van der Waals surface area (Å²) in [5.41, 5.74) is 3.98. The van der Waals surface area contributed by atoms with E-state index in [1.165, 1.54) is 0 Å². The summed E-state index contributed by atoms with van der Waals surface area (Å²) < 4.78 is 1.74. The standard InChI is InChI=1S/C11H13N3O/c1-6-7(2)12-11-13-8-4-3-5-9(8)14(11)10(6)15/h3-5H2,1-2H3,(H,12,13). The maximum atomic E-state index is 12.1. The van der Waals surface area contributed by atoms with E-state index < -0.39 is 0 Å². The molecular weight excluding hydrogens is 190 g/mol. The minimum Gasteiger partial charge on any atom is -0.329 e. The van der Waals surface area contributed by atoms with Crippen LogP contribution in [0.25, 0.3) is 5.78 Å². The van der Waals surface area contributed by atoms with Crippen molar-refractivity contribution < 1.29 is 0 Å². The van der Waals surface area contributed by atoms with Crippen LogP contribution in [0.15, 0.2) is 4.79 Å². The van der Waals surface area contributed by atoms with Crippen molar-refractivity contribution in [3.05, 3.63) is 33.0 Å². The van der Waals surface area contributed by atoms with Crippen LogP contribution in [-0.4, -0.2) is 14.4 Å². The van der Waals surface area contributed by atoms with Gasteiger partial charge in [-0.1, -0.05) is 0 Å². The minimum atomic E-state index is 0.0805. The molecule has 2 aromatic heterocycles. The fraction of sp³-hybridized carbons (Fsp3) is 0.455. The van der Waals surface area contributed by atoms with Crippen LogP contribution in [0.4, 0.5) is 0 Å². The number of aromatic amines is 1. The fourth-order valence-corrected chi connectivity index (χ4v) is 2.27. The van der Waals surface area contributed by atoms with E-state index in [-0.39, 0.29) is 5.56 Å². The van der Waals surface area contributed by atoms with Crippen LogP contribution in [-0.2, 0) is 12.8 Å². The zero-order valence-corrected chi connectivity index (χ0v) is 8.92. The van der Waals surface area contributed by atoms with E-state index in [4.69, 9.17) is 0 Å². The molecule has 0 aliphatic heterocycles. The molecule has 2 aromatic rings. The van der Waals surface area contributed by atoms with Gasteiger partial charge in [0.05, 0.1) is 11.4 Å². The summed E-state index contributed by atoms with van der Waals surface area (Å²) in [5, 5.41) is 0. The molecule has 78 valence electrons. The van der Waals surface area contributed by atoms with Gasteiger partial charge in [-0.25, -0.2) is 9.38 Å². The molecule has 4 nitrogen and oxygen atoms in total. The first-order valence-corrected chi connectivity index (χ1v) is 5.28. The molecule has 0 unspecified atom stereocenters. The van der Waals surface area contributed by atoms with Gasteiger partial charge in [0.1, 0.15) is 0 Å². The van der Waals surface area contributed by atoms with Crippen LogP contribution in [0.1, 0.15) is 29.1 Å². The second kappa shape index (κ2) is 2.72. The highest BCUT2D eigenvalue weighted by molar-refractivity contribution is 5.40. The van der Waals surface area contributed by atoms with Crippen LogP contribution in [0, 0.1) is 13.8 Å². The van der Waals surface area contributed by atoms with E-state index in [0.717, 1.165) is 41.9 Å². The number of aromatic nitrogens is 3. The van der Waals surface area contributed by atoms with Crippen LogP contribution in [0.5, 0.6) is 0 Å². The zero-order chi connectivity index (χ0) is 10.6. The number of nitrogens with one attached hydrogen (secondary N) is 1. The molecule has 1 aliphatic rings. The zero-order valence-electron chi connectivity index (χ0n) is 8.92. The third kappa shape index (κ3) is 1.02. The molecule has 0 atom stereocenters. The summed E-state index contributed by atoms with van der Waals surface area (Å²) in [7, 11) is 0. The van der Waals surface area contributed by atoms with Gasteiger partial charge in [0.15, 0.2) is 0 Å². The van der Waals surface area contributed by atoms with E-state index in [2.05, 4.69) is 9.97 Å². The van der Waals surface area contributed by atoms with Crippen LogP contribution in [0.3, 0.4) is 0 Å². The van der Waals surface area contributed by atoms with Crippen molar-refractivity contribution in [1.29, 1.82) is 0 Å². The lowest BCUT2D eigenvalue weighted by molar-refractivity contribution is 0.847. The Morgan fingerprint density at radius 2 is 2.13 bits per heavy atom. The molecule has 0 spiro atoms. The SMILES string of the molecule is Cc1[nH]c2nc3c(n2c(=O)c1C)CCC3. The third-order valence-electron chi connectivity index (χ3n) is 3.27. The number of aryl methyl sites for hydroxylation is 3. The van der Waals surface area contributed by atoms with E-state index in [1.807, 2.05) is 13.8 Å². The Bertz CT molecular complexity index is 606. The highest BCUT2D eigenvalue weighted by Crippen LogP contribution is 2.21. The van der Waals surface area contributed by atoms with Crippen LogP contribution < -0.4 is 5.56 Å². The number of rotatable bonds is 0. The van der Waals surface area contributed by atoms with Gasteiger partial charge in [-0.15, -0.1) is 0 Å². The molecular formula is C11H13N3O. The first kappa shape index (κ1) is 8.71. The minimum absolute atomic E-state index is 0.0805. The van der Waals surface area contributed by atoms with Gasteiger partial charge >= 0.3 is 0 Å². The van der Waals surface area contributed by atoms with E-state index in [1.54, 1.807) is 4.40 Å². The highest BCUT2D eigenvalue weighted by atomic mass is 16.1. The number of nitrogens with zero attached hydrogens (tertiary/aromatic N) is 2. The van der Waals surface area contributed by atoms with Gasteiger partial charge in [-0.2, -0.15) is 0 Å². The predicted octanol–water partition coefficient (Wildman–Crippen LogP) is 1.13. The van der Waals surface area contributed by atoms with Crippen LogP contribution >= 0.6 is 0 Å². The quantitative estimate of drug-likeness (QED) is 0.697. The Kier molecular flexibility index (Phi) is 1.58. The average molecular weight is 203 g/mol. The fourth-order valence-electron chi connectivity index (χ4n) is 2.27. The Labute approximate surface area is 87.0 Å². The van der Waals surface area contributed by atoms with Gasteiger partial charge in [-0.3, -0.25) is 4.79 Å². The van der Waals surface area contributed by atoms with Gasteiger partial charge in [0.2, 0.25) is 5.78 Å². The lowest BCUT2D eigenvalue weighted by Gasteiger charge is -2.02. The smallest absolute Gasteiger partial charge is 0.262 e. The molecule has 1 aliphatic carbocycles. The highest BCUT2D eigenvalue weighted by Gasteiger charge is 2.20. The average Bonchev–Trinajstić information content (AvgIpc) is 2.73. The summed E-state index contributed by atoms with van der Waals surface area (Å²) in [6, 6.07) is 0. The molecule has 0 saturated carbocycles. The molecule has 0 radical (unpaired) electrons. The summed E-state index contributed by atoms with van der Waals surface area (Å²) in [6.45, 7) is 3.77. The van der Waals surface area contributed by atoms with Gasteiger partial charge in [0, 0.05) is 11.3 Å². The number of hydrogen-bond acceptors (Lipinski definition) is 2. The lowest BCUT2D eigenvalue weighted by Crippen LogP contribution is -2.19. The Hall–Kier alpha value is -1.58. The van der Waals surface area contributed by atoms with Crippen molar-refractivity contribution in [3.63, 3.8) is 0 Å². The maximum Gasteiger partial charge on any atom is 0.262 e. The molecule has 3 rings (SSSR count). The molecule has 4 heteroatoms. The second-order valence-electron chi connectivity index (χ2n) is 4.20. The maximum absolute atomic E-state index is 12.1. The van der Waals surface area contributed by atoms with Crippen LogP contribution in [0.2, 0.25) is 0 Å². The summed E-state index contributed by atoms with van der Waals surface area (Å²) in [5.74, 6) is 0.702. The normalized spacial score (nSPS) is 14.8. The van der Waals surface area contributed by atoms with E-state index >= 15 is 0 Å². The number of imidazole rings is 1. The molecule has 0 aromatic carbocycles. The van der Waals surface area contributed by atoms with Crippen molar-refractivity contribution in [1.82, 2.24) is 14.4 Å². The van der Waals surface area contributed by atoms with Gasteiger partial charge in [0.25, 0.3) is 5.56 Å². The van der Waals surface area contributed by atoms with Gasteiger partial charge in [-0.05, 0) is 33.1 Å². The lowest BCUT2D eigenvalue weighted by atomic mass is 10.2. The molecule has 2 heterocycles. The summed E-state index contributed by atoms with van der Waals surface area (Å²) in [6.07, 6.45) is 3.09. The van der Waals surface area contributed by atoms with Crippen molar-refractivity contribution in [2.75, 3.05) is 0 Å². The molecule has 1 N–H and O–H groups in total. The Morgan fingerprint density at radius 3 is 2.93 bits per heavy atom. The summed E-state index contributed by atoms with van der Waals surface area (Å²) in [4.78, 5) is 19.7. The third-order valence-corrected chi connectivity index (χ3v) is 3.27. The first-order valence-electron chi connectivity index (χ1n) is 5.28. The van der Waals surface area contributed by atoms with Crippen molar-refractivity contribution in [3.8, 4) is 0 Å². The first-order chi connectivity index (χ1) is 7.18. The molecule has 0 bridgehead atoms. The molecule has 15 heavy (non-hydrogen) atoms.